The summed E-state index contributed by atoms with van der Waals surface area (Å²) in [6.07, 6.45) is 6.76. The summed E-state index contributed by atoms with van der Waals surface area (Å²) in [6.45, 7) is 4.34. The molecule has 138 valence electrons. The van der Waals surface area contributed by atoms with E-state index in [2.05, 4.69) is 20.2 Å². The molecular formula is C20H25FN4O. The molecule has 2 atom stereocenters. The van der Waals surface area contributed by atoms with Gasteiger partial charge in [-0.2, -0.15) is 0 Å². The lowest BCUT2D eigenvalue weighted by Gasteiger charge is -2.40. The van der Waals surface area contributed by atoms with Crippen molar-refractivity contribution in [2.24, 2.45) is 5.92 Å². The van der Waals surface area contributed by atoms with Gasteiger partial charge in [-0.15, -0.1) is 0 Å². The number of benzene rings is 1. The number of hydrogen-bond donors (Lipinski definition) is 1. The molecule has 0 aliphatic carbocycles. The number of piperidine rings is 1. The van der Waals surface area contributed by atoms with E-state index in [0.29, 0.717) is 11.9 Å². The highest BCUT2D eigenvalue weighted by atomic mass is 19.1. The summed E-state index contributed by atoms with van der Waals surface area (Å²) in [7, 11) is 0. The Morgan fingerprint density at radius 3 is 3.00 bits per heavy atom. The number of nitrogens with zero attached hydrogens (tertiary/aromatic N) is 3. The SMILES string of the molecule is Fc1cccc(CN2CCCC3(CC(CNc4ncccn4)CO3)C2)c1. The van der Waals surface area contributed by atoms with Gasteiger partial charge < -0.3 is 10.1 Å². The molecule has 0 amide bonds. The van der Waals surface area contributed by atoms with Gasteiger partial charge in [0.25, 0.3) is 0 Å². The number of aromatic nitrogens is 2. The van der Waals surface area contributed by atoms with Crippen LogP contribution in [0.2, 0.25) is 0 Å². The van der Waals surface area contributed by atoms with Crippen LogP contribution >= 0.6 is 0 Å². The highest BCUT2D eigenvalue weighted by Gasteiger charge is 2.43. The van der Waals surface area contributed by atoms with Crippen LogP contribution in [0, 0.1) is 11.7 Å². The van der Waals surface area contributed by atoms with Crippen molar-refractivity contribution in [3.05, 3.63) is 54.1 Å². The fourth-order valence-corrected chi connectivity index (χ4v) is 4.20. The minimum atomic E-state index is -0.166. The lowest BCUT2D eigenvalue weighted by molar-refractivity contribution is -0.0535. The number of halogens is 1. The van der Waals surface area contributed by atoms with Crippen molar-refractivity contribution in [2.75, 3.05) is 31.6 Å². The summed E-state index contributed by atoms with van der Waals surface area (Å²) in [5.74, 6) is 0.971. The molecule has 1 aromatic carbocycles. The van der Waals surface area contributed by atoms with Gasteiger partial charge in [-0.3, -0.25) is 4.90 Å². The molecule has 2 aromatic rings. The average molecular weight is 356 g/mol. The highest BCUT2D eigenvalue weighted by Crippen LogP contribution is 2.37. The van der Waals surface area contributed by atoms with Crippen LogP contribution < -0.4 is 5.32 Å². The summed E-state index contributed by atoms with van der Waals surface area (Å²) in [5.41, 5.74) is 0.967. The Labute approximate surface area is 153 Å². The van der Waals surface area contributed by atoms with E-state index < -0.39 is 0 Å². The van der Waals surface area contributed by atoms with Crippen molar-refractivity contribution in [2.45, 2.75) is 31.4 Å². The second kappa shape index (κ2) is 7.68. The van der Waals surface area contributed by atoms with E-state index in [9.17, 15) is 4.39 Å². The van der Waals surface area contributed by atoms with Crippen LogP contribution in [0.15, 0.2) is 42.7 Å². The van der Waals surface area contributed by atoms with Crippen LogP contribution in [0.3, 0.4) is 0 Å². The van der Waals surface area contributed by atoms with Crippen molar-refractivity contribution in [1.29, 1.82) is 0 Å². The third-order valence-electron chi connectivity index (χ3n) is 5.31. The number of anilines is 1. The zero-order valence-corrected chi connectivity index (χ0v) is 14.9. The fourth-order valence-electron chi connectivity index (χ4n) is 4.20. The van der Waals surface area contributed by atoms with Gasteiger partial charge in [0.05, 0.1) is 12.2 Å². The first-order valence-corrected chi connectivity index (χ1v) is 9.32. The van der Waals surface area contributed by atoms with E-state index in [-0.39, 0.29) is 11.4 Å². The third-order valence-corrected chi connectivity index (χ3v) is 5.31. The maximum atomic E-state index is 13.4. The first kappa shape index (κ1) is 17.4. The molecule has 4 rings (SSSR count). The second-order valence-corrected chi connectivity index (χ2v) is 7.46. The zero-order valence-electron chi connectivity index (χ0n) is 14.9. The Bertz CT molecular complexity index is 729. The van der Waals surface area contributed by atoms with Crippen LogP contribution in [0.5, 0.6) is 0 Å². The van der Waals surface area contributed by atoms with E-state index in [1.165, 1.54) is 6.07 Å². The number of ether oxygens (including phenoxy) is 1. The smallest absolute Gasteiger partial charge is 0.222 e. The predicted molar refractivity (Wildman–Crippen MR) is 98.2 cm³/mol. The summed E-state index contributed by atoms with van der Waals surface area (Å²) in [5, 5.41) is 3.31. The molecule has 0 saturated carbocycles. The third kappa shape index (κ3) is 4.19. The molecule has 2 unspecified atom stereocenters. The van der Waals surface area contributed by atoms with Gasteiger partial charge in [0.1, 0.15) is 5.82 Å². The van der Waals surface area contributed by atoms with Gasteiger partial charge in [-0.25, -0.2) is 14.4 Å². The maximum Gasteiger partial charge on any atom is 0.222 e. The highest BCUT2D eigenvalue weighted by molar-refractivity contribution is 5.22. The second-order valence-electron chi connectivity index (χ2n) is 7.46. The van der Waals surface area contributed by atoms with E-state index >= 15 is 0 Å². The molecule has 2 aliphatic heterocycles. The molecule has 2 fully saturated rings. The molecular weight excluding hydrogens is 331 g/mol. The monoisotopic (exact) mass is 356 g/mol. The van der Waals surface area contributed by atoms with Crippen molar-refractivity contribution in [1.82, 2.24) is 14.9 Å². The first-order chi connectivity index (χ1) is 12.7. The Hall–Kier alpha value is -2.05. The van der Waals surface area contributed by atoms with Gasteiger partial charge in [0.2, 0.25) is 5.95 Å². The molecule has 5 nitrogen and oxygen atoms in total. The zero-order chi connectivity index (χ0) is 17.8. The van der Waals surface area contributed by atoms with E-state index in [0.717, 1.165) is 57.6 Å². The number of hydrogen-bond acceptors (Lipinski definition) is 5. The van der Waals surface area contributed by atoms with Crippen molar-refractivity contribution in [3.8, 4) is 0 Å². The molecule has 1 N–H and O–H groups in total. The first-order valence-electron chi connectivity index (χ1n) is 9.32. The Morgan fingerprint density at radius 1 is 1.27 bits per heavy atom. The predicted octanol–water partition coefficient (Wildman–Crippen LogP) is 3.10. The molecule has 2 aliphatic rings. The Morgan fingerprint density at radius 2 is 2.15 bits per heavy atom. The molecule has 2 saturated heterocycles. The lowest BCUT2D eigenvalue weighted by Crippen LogP contribution is -2.47. The van der Waals surface area contributed by atoms with Gasteiger partial charge in [-0.1, -0.05) is 12.1 Å². The quantitative estimate of drug-likeness (QED) is 0.892. The van der Waals surface area contributed by atoms with Crippen LogP contribution in [-0.2, 0) is 11.3 Å². The van der Waals surface area contributed by atoms with Crippen LogP contribution in [0.25, 0.3) is 0 Å². The van der Waals surface area contributed by atoms with E-state index in [1.807, 2.05) is 12.1 Å². The van der Waals surface area contributed by atoms with Crippen LogP contribution in [0.1, 0.15) is 24.8 Å². The van der Waals surface area contributed by atoms with Gasteiger partial charge in [0.15, 0.2) is 0 Å². The molecule has 1 spiro atoms. The van der Waals surface area contributed by atoms with Gasteiger partial charge in [-0.05, 0) is 49.6 Å². The van der Waals surface area contributed by atoms with Crippen LogP contribution in [-0.4, -0.2) is 46.7 Å². The maximum absolute atomic E-state index is 13.4. The van der Waals surface area contributed by atoms with Crippen LogP contribution in [0.4, 0.5) is 10.3 Å². The van der Waals surface area contributed by atoms with Gasteiger partial charge in [0, 0.05) is 37.9 Å². The Balaban J connectivity index is 1.32. The molecule has 1 aromatic heterocycles. The summed E-state index contributed by atoms with van der Waals surface area (Å²) < 4.78 is 19.7. The largest absolute Gasteiger partial charge is 0.373 e. The van der Waals surface area contributed by atoms with E-state index in [1.54, 1.807) is 24.5 Å². The standard InChI is InChI=1S/C20H25FN4O/c21-18-5-1-4-16(10-18)13-25-9-2-6-20(15-25)11-17(14-26-20)12-24-19-22-7-3-8-23-19/h1,3-5,7-8,10,17H,2,6,9,11-15H2,(H,22,23,24). The van der Waals surface area contributed by atoms with Crippen molar-refractivity contribution < 1.29 is 9.13 Å². The molecule has 0 radical (unpaired) electrons. The molecule has 26 heavy (non-hydrogen) atoms. The Kier molecular flexibility index (Phi) is 5.13. The topological polar surface area (TPSA) is 50.3 Å². The summed E-state index contributed by atoms with van der Waals surface area (Å²) in [4.78, 5) is 10.8. The number of rotatable bonds is 5. The molecule has 3 heterocycles. The normalized spacial score (nSPS) is 26.3. The average Bonchev–Trinajstić information content (AvgIpc) is 3.03. The minimum Gasteiger partial charge on any atom is -0.373 e. The summed E-state index contributed by atoms with van der Waals surface area (Å²) >= 11 is 0. The van der Waals surface area contributed by atoms with Crippen molar-refractivity contribution in [3.63, 3.8) is 0 Å². The minimum absolute atomic E-state index is 0.0601. The van der Waals surface area contributed by atoms with Crippen molar-refractivity contribution >= 4 is 5.95 Å². The fraction of sp³-hybridized carbons (Fsp3) is 0.500. The lowest BCUT2D eigenvalue weighted by atomic mass is 9.86. The molecule has 0 bridgehead atoms. The number of nitrogens with one attached hydrogen (secondary N) is 1. The summed E-state index contributed by atoms with van der Waals surface area (Å²) in [6, 6.07) is 8.71. The molecule has 6 heteroatoms. The van der Waals surface area contributed by atoms with Gasteiger partial charge >= 0.3 is 0 Å². The van der Waals surface area contributed by atoms with E-state index in [4.69, 9.17) is 4.74 Å². The number of likely N-dealkylation sites (tertiary alicyclic amines) is 1.